The summed E-state index contributed by atoms with van der Waals surface area (Å²) >= 11 is 0. The van der Waals surface area contributed by atoms with Crippen molar-refractivity contribution in [2.45, 2.75) is 6.42 Å². The molecule has 0 aliphatic heterocycles. The SMILES string of the molecule is N#CCNC(=O)CNCCCO. The molecule has 0 aliphatic rings. The molecular weight excluding hydrogens is 158 g/mol. The smallest absolute Gasteiger partial charge is 0.234 e. The number of carbonyl (C=O) groups excluding carboxylic acids is 1. The van der Waals surface area contributed by atoms with Gasteiger partial charge in [-0.3, -0.25) is 4.79 Å². The van der Waals surface area contributed by atoms with Crippen molar-refractivity contribution < 1.29 is 9.90 Å². The number of nitrogens with one attached hydrogen (secondary N) is 2. The third kappa shape index (κ3) is 6.99. The molecule has 5 heteroatoms. The number of amides is 1. The highest BCUT2D eigenvalue weighted by Crippen LogP contribution is 1.71. The van der Waals surface area contributed by atoms with Crippen LogP contribution in [0.3, 0.4) is 0 Å². The Morgan fingerprint density at radius 2 is 2.33 bits per heavy atom. The number of hydrogen-bond donors (Lipinski definition) is 3. The van der Waals surface area contributed by atoms with Crippen LogP contribution in [0.2, 0.25) is 0 Å². The molecule has 0 aromatic heterocycles. The molecule has 0 atom stereocenters. The molecule has 0 saturated carbocycles. The van der Waals surface area contributed by atoms with Crippen LogP contribution in [0, 0.1) is 11.3 Å². The molecule has 0 rings (SSSR count). The van der Waals surface area contributed by atoms with Gasteiger partial charge in [-0.1, -0.05) is 0 Å². The zero-order valence-corrected chi connectivity index (χ0v) is 6.84. The van der Waals surface area contributed by atoms with Gasteiger partial charge in [-0.15, -0.1) is 0 Å². The molecule has 0 fully saturated rings. The maximum Gasteiger partial charge on any atom is 0.234 e. The molecule has 12 heavy (non-hydrogen) atoms. The molecule has 0 radical (unpaired) electrons. The number of hydrogen-bond acceptors (Lipinski definition) is 4. The van der Waals surface area contributed by atoms with Gasteiger partial charge in [0.1, 0.15) is 6.54 Å². The summed E-state index contributed by atoms with van der Waals surface area (Å²) in [6, 6.07) is 1.80. The van der Waals surface area contributed by atoms with Crippen LogP contribution >= 0.6 is 0 Å². The lowest BCUT2D eigenvalue weighted by Crippen LogP contribution is -2.34. The van der Waals surface area contributed by atoms with Crippen LogP contribution < -0.4 is 10.6 Å². The molecule has 0 bridgehead atoms. The number of aliphatic hydroxyl groups is 1. The van der Waals surface area contributed by atoms with Gasteiger partial charge in [0.05, 0.1) is 12.6 Å². The summed E-state index contributed by atoms with van der Waals surface area (Å²) in [6.07, 6.45) is 0.630. The molecule has 0 saturated heterocycles. The van der Waals surface area contributed by atoms with Crippen molar-refractivity contribution in [3.05, 3.63) is 0 Å². The fourth-order valence-corrected chi connectivity index (χ4v) is 0.607. The normalized spacial score (nSPS) is 9.00. The van der Waals surface area contributed by atoms with E-state index in [0.717, 1.165) is 0 Å². The minimum Gasteiger partial charge on any atom is -0.396 e. The molecular formula is C7H13N3O2. The Kier molecular flexibility index (Phi) is 7.24. The van der Waals surface area contributed by atoms with Crippen molar-refractivity contribution in [2.24, 2.45) is 0 Å². The van der Waals surface area contributed by atoms with Crippen molar-refractivity contribution in [3.63, 3.8) is 0 Å². The summed E-state index contributed by atoms with van der Waals surface area (Å²) in [7, 11) is 0. The molecule has 0 aliphatic carbocycles. The predicted molar refractivity (Wildman–Crippen MR) is 43.2 cm³/mol. The van der Waals surface area contributed by atoms with Gasteiger partial charge >= 0.3 is 0 Å². The predicted octanol–water partition coefficient (Wildman–Crippen LogP) is -1.40. The summed E-state index contributed by atoms with van der Waals surface area (Å²) in [6.45, 7) is 0.964. The topological polar surface area (TPSA) is 85.2 Å². The lowest BCUT2D eigenvalue weighted by Gasteiger charge is -2.02. The number of aliphatic hydroxyl groups excluding tert-OH is 1. The maximum atomic E-state index is 10.8. The van der Waals surface area contributed by atoms with Gasteiger partial charge in [-0.05, 0) is 13.0 Å². The Morgan fingerprint density at radius 1 is 1.58 bits per heavy atom. The van der Waals surface area contributed by atoms with Crippen LogP contribution in [-0.4, -0.2) is 37.3 Å². The first kappa shape index (κ1) is 10.9. The standard InChI is InChI=1S/C7H13N3O2/c8-2-4-10-7(12)6-9-3-1-5-11/h9,11H,1,3-6H2,(H,10,12). The zero-order chi connectivity index (χ0) is 9.23. The van der Waals surface area contributed by atoms with Crippen molar-refractivity contribution in [2.75, 3.05) is 26.2 Å². The van der Waals surface area contributed by atoms with E-state index in [-0.39, 0.29) is 25.6 Å². The number of rotatable bonds is 6. The number of carbonyl (C=O) groups is 1. The highest BCUT2D eigenvalue weighted by Gasteiger charge is 1.97. The summed E-state index contributed by atoms with van der Waals surface area (Å²) in [5, 5.41) is 21.7. The highest BCUT2D eigenvalue weighted by atomic mass is 16.3. The van der Waals surface area contributed by atoms with Gasteiger partial charge < -0.3 is 15.7 Å². The summed E-state index contributed by atoms with van der Waals surface area (Å²) in [5.74, 6) is -0.200. The quantitative estimate of drug-likeness (QED) is 0.339. The second-order valence-corrected chi connectivity index (χ2v) is 2.19. The summed E-state index contributed by atoms with van der Waals surface area (Å²) in [5.41, 5.74) is 0. The van der Waals surface area contributed by atoms with E-state index < -0.39 is 0 Å². The average Bonchev–Trinajstić information content (AvgIpc) is 2.09. The van der Waals surface area contributed by atoms with E-state index in [1.54, 1.807) is 6.07 Å². The minimum absolute atomic E-state index is 0.0422. The fourth-order valence-electron chi connectivity index (χ4n) is 0.607. The van der Waals surface area contributed by atoms with E-state index in [2.05, 4.69) is 10.6 Å². The van der Waals surface area contributed by atoms with E-state index in [1.807, 2.05) is 0 Å². The van der Waals surface area contributed by atoms with Gasteiger partial charge in [-0.25, -0.2) is 0 Å². The zero-order valence-electron chi connectivity index (χ0n) is 6.84. The highest BCUT2D eigenvalue weighted by molar-refractivity contribution is 5.78. The number of nitriles is 1. The van der Waals surface area contributed by atoms with Gasteiger partial charge in [-0.2, -0.15) is 5.26 Å². The first-order valence-electron chi connectivity index (χ1n) is 3.76. The molecule has 0 spiro atoms. The Labute approximate surface area is 71.4 Å². The Morgan fingerprint density at radius 3 is 2.92 bits per heavy atom. The molecule has 3 N–H and O–H groups in total. The lowest BCUT2D eigenvalue weighted by atomic mass is 10.4. The third-order valence-corrected chi connectivity index (χ3v) is 1.16. The van der Waals surface area contributed by atoms with Crippen molar-refractivity contribution in [1.82, 2.24) is 10.6 Å². The van der Waals surface area contributed by atoms with Crippen LogP contribution in [0.5, 0.6) is 0 Å². The largest absolute Gasteiger partial charge is 0.396 e. The summed E-state index contributed by atoms with van der Waals surface area (Å²) < 4.78 is 0. The van der Waals surface area contributed by atoms with Crippen LogP contribution in [-0.2, 0) is 4.79 Å². The van der Waals surface area contributed by atoms with Crippen molar-refractivity contribution in [3.8, 4) is 6.07 Å². The molecule has 68 valence electrons. The van der Waals surface area contributed by atoms with Crippen LogP contribution in [0.4, 0.5) is 0 Å². The second-order valence-electron chi connectivity index (χ2n) is 2.19. The number of nitrogens with zero attached hydrogens (tertiary/aromatic N) is 1. The molecule has 0 unspecified atom stereocenters. The molecule has 5 nitrogen and oxygen atoms in total. The first-order chi connectivity index (χ1) is 5.81. The van der Waals surface area contributed by atoms with E-state index in [1.165, 1.54) is 0 Å². The lowest BCUT2D eigenvalue weighted by molar-refractivity contribution is -0.120. The van der Waals surface area contributed by atoms with Crippen LogP contribution in [0.1, 0.15) is 6.42 Å². The molecule has 0 heterocycles. The molecule has 0 aromatic carbocycles. The van der Waals surface area contributed by atoms with Crippen LogP contribution in [0.25, 0.3) is 0 Å². The van der Waals surface area contributed by atoms with Crippen molar-refractivity contribution in [1.29, 1.82) is 5.26 Å². The van der Waals surface area contributed by atoms with E-state index in [0.29, 0.717) is 13.0 Å². The van der Waals surface area contributed by atoms with Crippen LogP contribution in [0.15, 0.2) is 0 Å². The fraction of sp³-hybridized carbons (Fsp3) is 0.714. The Hall–Kier alpha value is -1.12. The molecule has 1 amide bonds. The monoisotopic (exact) mass is 171 g/mol. The summed E-state index contributed by atoms with van der Waals surface area (Å²) in [4.78, 5) is 10.8. The average molecular weight is 171 g/mol. The van der Waals surface area contributed by atoms with Gasteiger partial charge in [0, 0.05) is 6.61 Å². The Bertz CT molecular complexity index is 165. The molecule has 0 aromatic rings. The Balaban J connectivity index is 3.15. The van der Waals surface area contributed by atoms with Gasteiger partial charge in [0.2, 0.25) is 5.91 Å². The van der Waals surface area contributed by atoms with Gasteiger partial charge in [0.25, 0.3) is 0 Å². The maximum absolute atomic E-state index is 10.8. The van der Waals surface area contributed by atoms with Gasteiger partial charge in [0.15, 0.2) is 0 Å². The van der Waals surface area contributed by atoms with E-state index in [9.17, 15) is 4.79 Å². The second kappa shape index (κ2) is 7.98. The minimum atomic E-state index is -0.200. The van der Waals surface area contributed by atoms with Crippen molar-refractivity contribution >= 4 is 5.91 Å². The first-order valence-corrected chi connectivity index (χ1v) is 3.76. The van der Waals surface area contributed by atoms with E-state index >= 15 is 0 Å². The van der Waals surface area contributed by atoms with E-state index in [4.69, 9.17) is 10.4 Å². The third-order valence-electron chi connectivity index (χ3n) is 1.16.